The molecule has 0 unspecified atom stereocenters. The molecule has 7 rings (SSSR count). The number of aliphatic imine (C=N–C) groups is 2. The van der Waals surface area contributed by atoms with E-state index in [-0.39, 0.29) is 6.04 Å². The number of fused-ring (bicyclic) bond motifs is 4. The van der Waals surface area contributed by atoms with E-state index in [4.69, 9.17) is 15.1 Å². The number of aryl methyl sites for hydroxylation is 2. The lowest BCUT2D eigenvalue weighted by molar-refractivity contribution is 0.815. The molecule has 0 saturated heterocycles. The fourth-order valence-corrected chi connectivity index (χ4v) is 5.73. The Morgan fingerprint density at radius 3 is 2.36 bits per heavy atom. The van der Waals surface area contributed by atoms with Crippen molar-refractivity contribution < 1.29 is 0 Å². The molecule has 0 radical (unpaired) electrons. The van der Waals surface area contributed by atoms with Crippen molar-refractivity contribution in [1.82, 2.24) is 9.78 Å². The summed E-state index contributed by atoms with van der Waals surface area (Å²) in [4.78, 5) is 12.7. The molecule has 2 aliphatic heterocycles. The monoisotopic (exact) mass is 572 g/mol. The Morgan fingerprint density at radius 1 is 0.795 bits per heavy atom. The van der Waals surface area contributed by atoms with Gasteiger partial charge in [-0.25, -0.2) is 14.7 Å². The molecule has 4 aromatic carbocycles. The van der Waals surface area contributed by atoms with Crippen molar-refractivity contribution in [2.45, 2.75) is 19.9 Å². The molecule has 0 fully saturated rings. The van der Waals surface area contributed by atoms with Gasteiger partial charge in [-0.15, -0.1) is 0 Å². The number of anilines is 2. The average Bonchev–Trinajstić information content (AvgIpc) is 3.29. The maximum absolute atomic E-state index is 5.29. The minimum atomic E-state index is -0.158. The fraction of sp³-hybridized carbons (Fsp3) is 0.0938. The maximum atomic E-state index is 5.29. The first-order chi connectivity index (χ1) is 19.1. The zero-order valence-corrected chi connectivity index (χ0v) is 23.1. The quantitative estimate of drug-likeness (QED) is 0.238. The van der Waals surface area contributed by atoms with Gasteiger partial charge in [-0.2, -0.15) is 5.10 Å². The molecule has 1 N–H and O–H groups in total. The van der Waals surface area contributed by atoms with Gasteiger partial charge in [0.1, 0.15) is 0 Å². The molecular formula is C32H25BrN6. The average molecular weight is 573 g/mol. The number of para-hydroxylation sites is 3. The highest BCUT2D eigenvalue weighted by atomic mass is 79.9. The molecule has 5 aromatic rings. The highest BCUT2D eigenvalue weighted by molar-refractivity contribution is 9.10. The number of nitrogens with one attached hydrogen (secondary N) is 1. The van der Waals surface area contributed by atoms with E-state index in [0.29, 0.717) is 5.84 Å². The number of amidine groups is 2. The number of halogens is 1. The molecule has 0 amide bonds. The molecule has 0 spiro atoms. The van der Waals surface area contributed by atoms with Gasteiger partial charge in [-0.1, -0.05) is 76.1 Å². The van der Waals surface area contributed by atoms with Crippen LogP contribution in [0.3, 0.4) is 0 Å². The predicted molar refractivity (Wildman–Crippen MR) is 162 cm³/mol. The van der Waals surface area contributed by atoms with Crippen LogP contribution >= 0.6 is 15.9 Å². The van der Waals surface area contributed by atoms with Crippen LogP contribution in [-0.2, 0) is 0 Å². The van der Waals surface area contributed by atoms with Crippen LogP contribution < -0.4 is 10.2 Å². The molecule has 1 atom stereocenters. The second-order valence-corrected chi connectivity index (χ2v) is 10.7. The van der Waals surface area contributed by atoms with E-state index in [1.807, 2.05) is 28.9 Å². The number of hydrogen-bond donors (Lipinski definition) is 1. The Kier molecular flexibility index (Phi) is 5.67. The zero-order valence-electron chi connectivity index (χ0n) is 21.5. The number of nitrogens with zero attached hydrogens (tertiary/aromatic N) is 5. The van der Waals surface area contributed by atoms with Crippen LogP contribution in [0.1, 0.15) is 28.4 Å². The lowest BCUT2D eigenvalue weighted by atomic mass is 9.93. The Labute approximate surface area is 235 Å². The van der Waals surface area contributed by atoms with E-state index >= 15 is 0 Å². The minimum Gasteiger partial charge on any atom is -0.337 e. The Balaban J connectivity index is 1.50. The van der Waals surface area contributed by atoms with Crippen LogP contribution in [-0.4, -0.2) is 21.5 Å². The lowest BCUT2D eigenvalue weighted by Gasteiger charge is -2.40. The third-order valence-corrected chi connectivity index (χ3v) is 7.61. The summed E-state index contributed by atoms with van der Waals surface area (Å²) >= 11 is 3.71. The molecular weight excluding hydrogens is 548 g/mol. The van der Waals surface area contributed by atoms with Gasteiger partial charge in [-0.3, -0.25) is 0 Å². The number of rotatable bonds is 3. The highest BCUT2D eigenvalue weighted by Crippen LogP contribution is 2.48. The van der Waals surface area contributed by atoms with Gasteiger partial charge in [0.2, 0.25) is 0 Å². The Hall–Kier alpha value is -4.49. The van der Waals surface area contributed by atoms with Crippen molar-refractivity contribution in [2.24, 2.45) is 9.98 Å². The zero-order chi connectivity index (χ0) is 26.5. The van der Waals surface area contributed by atoms with Gasteiger partial charge >= 0.3 is 0 Å². The van der Waals surface area contributed by atoms with Crippen molar-refractivity contribution in [3.8, 4) is 5.69 Å². The summed E-state index contributed by atoms with van der Waals surface area (Å²) in [5.74, 6) is 2.26. The fourth-order valence-electron chi connectivity index (χ4n) is 5.31. The second-order valence-electron chi connectivity index (χ2n) is 9.77. The van der Waals surface area contributed by atoms with Crippen molar-refractivity contribution in [3.63, 3.8) is 0 Å². The molecule has 0 bridgehead atoms. The summed E-state index contributed by atoms with van der Waals surface area (Å²) in [5.41, 5.74) is 8.18. The number of aromatic nitrogens is 2. The Morgan fingerprint density at radius 2 is 1.56 bits per heavy atom. The van der Waals surface area contributed by atoms with E-state index in [2.05, 4.69) is 119 Å². The summed E-state index contributed by atoms with van der Waals surface area (Å²) in [7, 11) is 0. The van der Waals surface area contributed by atoms with Gasteiger partial charge in [0.25, 0.3) is 0 Å². The molecule has 2 aliphatic rings. The summed E-state index contributed by atoms with van der Waals surface area (Å²) in [6.45, 7) is 4.15. The standard InChI is InChI=1S/C32H25BrN6/c1-20-15-17-24(18-16-20)34-30-32-36-31-28(21(2)37-39(31)25-11-4-3-5-12-25)29(22-9-8-10-23(33)19-22)38(32)27-14-7-6-13-26(27)35-30/h3-19,29H,1-2H3,(H,34,35)/t29-/m0/s1. The van der Waals surface area contributed by atoms with Crippen LogP contribution in [0.25, 0.3) is 5.69 Å². The first-order valence-corrected chi connectivity index (χ1v) is 13.7. The van der Waals surface area contributed by atoms with Crippen LogP contribution in [0.2, 0.25) is 0 Å². The normalized spacial score (nSPS) is 15.6. The summed E-state index contributed by atoms with van der Waals surface area (Å²) < 4.78 is 2.97. The molecule has 7 heteroatoms. The molecule has 6 nitrogen and oxygen atoms in total. The number of hydrogen-bond acceptors (Lipinski definition) is 5. The Bertz CT molecular complexity index is 1770. The molecule has 39 heavy (non-hydrogen) atoms. The van der Waals surface area contributed by atoms with Crippen molar-refractivity contribution in [2.75, 3.05) is 10.2 Å². The minimum absolute atomic E-state index is 0.158. The van der Waals surface area contributed by atoms with Crippen molar-refractivity contribution in [3.05, 3.63) is 130 Å². The van der Waals surface area contributed by atoms with Crippen LogP contribution in [0.15, 0.2) is 118 Å². The molecule has 0 aliphatic carbocycles. The van der Waals surface area contributed by atoms with Gasteiger partial charge < -0.3 is 10.2 Å². The second kappa shape index (κ2) is 9.36. The highest BCUT2D eigenvalue weighted by Gasteiger charge is 2.41. The van der Waals surface area contributed by atoms with Gasteiger partial charge in [0, 0.05) is 15.7 Å². The van der Waals surface area contributed by atoms with E-state index < -0.39 is 0 Å². The summed E-state index contributed by atoms with van der Waals surface area (Å²) in [6, 6.07) is 35.1. The molecule has 1 aromatic heterocycles. The largest absolute Gasteiger partial charge is 0.337 e. The summed E-state index contributed by atoms with van der Waals surface area (Å²) in [5, 5.41) is 8.57. The van der Waals surface area contributed by atoms with Gasteiger partial charge in [-0.05, 0) is 67.9 Å². The van der Waals surface area contributed by atoms with Gasteiger partial charge in [0.15, 0.2) is 17.5 Å². The smallest absolute Gasteiger partial charge is 0.179 e. The molecule has 0 saturated carbocycles. The third kappa shape index (κ3) is 4.06. The topological polar surface area (TPSA) is 57.8 Å². The first-order valence-electron chi connectivity index (χ1n) is 12.9. The van der Waals surface area contributed by atoms with E-state index in [1.54, 1.807) is 0 Å². The van der Waals surface area contributed by atoms with E-state index in [9.17, 15) is 0 Å². The first kappa shape index (κ1) is 23.6. The SMILES string of the molecule is Cc1ccc(NC2=Nc3ccccc3N3C2=Nc2c(c(C)nn2-c2ccccc2)[C@@H]3c2cccc(Br)c2)cc1. The summed E-state index contributed by atoms with van der Waals surface area (Å²) in [6.07, 6.45) is 0. The van der Waals surface area contributed by atoms with Crippen LogP contribution in [0.5, 0.6) is 0 Å². The lowest BCUT2D eigenvalue weighted by Crippen LogP contribution is -2.46. The van der Waals surface area contributed by atoms with Crippen molar-refractivity contribution in [1.29, 1.82) is 0 Å². The van der Waals surface area contributed by atoms with Crippen LogP contribution in [0.4, 0.5) is 22.9 Å². The number of benzene rings is 4. The van der Waals surface area contributed by atoms with Gasteiger partial charge in [0.05, 0.1) is 28.8 Å². The van der Waals surface area contributed by atoms with Crippen molar-refractivity contribution >= 4 is 50.5 Å². The molecule has 3 heterocycles. The van der Waals surface area contributed by atoms with E-state index in [1.165, 1.54) is 5.56 Å². The maximum Gasteiger partial charge on any atom is 0.179 e. The van der Waals surface area contributed by atoms with E-state index in [0.717, 1.165) is 55.7 Å². The molecule has 190 valence electrons. The predicted octanol–water partition coefficient (Wildman–Crippen LogP) is 8.05. The third-order valence-electron chi connectivity index (χ3n) is 7.12. The van der Waals surface area contributed by atoms with Crippen LogP contribution in [0, 0.1) is 13.8 Å².